The van der Waals surface area contributed by atoms with Crippen LogP contribution in [0.2, 0.25) is 0 Å². The van der Waals surface area contributed by atoms with Gasteiger partial charge in [0.1, 0.15) is 5.69 Å². The summed E-state index contributed by atoms with van der Waals surface area (Å²) < 4.78 is 2.81. The molecule has 2 aromatic heterocycles. The quantitative estimate of drug-likeness (QED) is 0.759. The van der Waals surface area contributed by atoms with Crippen LogP contribution in [0.5, 0.6) is 0 Å². The van der Waals surface area contributed by atoms with E-state index in [1.54, 1.807) is 17.4 Å². The number of thiophene rings is 1. The molecule has 0 spiro atoms. The molecule has 0 aliphatic rings. The minimum absolute atomic E-state index is 0.0751. The third-order valence-electron chi connectivity index (χ3n) is 3.47. The Morgan fingerprint density at radius 1 is 1.23 bits per heavy atom. The molecule has 0 saturated carbocycles. The lowest BCUT2D eigenvalue weighted by molar-refractivity contribution is -0.136. The Hall–Kier alpha value is -2.60. The number of amides is 1. The summed E-state index contributed by atoms with van der Waals surface area (Å²) in [5, 5.41) is 10.8. The molecule has 22 heavy (non-hydrogen) atoms. The summed E-state index contributed by atoms with van der Waals surface area (Å²) in [6.07, 6.45) is 0.523. The number of carbonyl (C=O) groups excluding carboxylic acids is 1. The largest absolute Gasteiger partial charge is 0.481 e. The number of aromatic nitrogens is 1. The zero-order valence-electron chi connectivity index (χ0n) is 11.7. The van der Waals surface area contributed by atoms with Gasteiger partial charge in [-0.1, -0.05) is 12.1 Å². The topological polar surface area (TPSA) is 85.3 Å². The van der Waals surface area contributed by atoms with Crippen molar-refractivity contribution in [2.24, 2.45) is 5.73 Å². The highest BCUT2D eigenvalue weighted by Gasteiger charge is 2.15. The number of nitrogens with two attached hydrogens (primary N) is 1. The Kier molecular flexibility index (Phi) is 3.68. The van der Waals surface area contributed by atoms with E-state index in [1.165, 1.54) is 0 Å². The molecule has 1 amide bonds. The molecule has 0 unspecified atom stereocenters. The number of benzene rings is 1. The predicted molar refractivity (Wildman–Crippen MR) is 85.6 cm³/mol. The molecule has 0 fully saturated rings. The van der Waals surface area contributed by atoms with Crippen molar-refractivity contribution in [2.45, 2.75) is 12.8 Å². The van der Waals surface area contributed by atoms with E-state index in [9.17, 15) is 9.59 Å². The number of rotatable bonds is 5. The van der Waals surface area contributed by atoms with Crippen LogP contribution in [0.25, 0.3) is 15.9 Å². The van der Waals surface area contributed by atoms with Crippen LogP contribution in [-0.2, 0) is 11.2 Å². The lowest BCUT2D eigenvalue weighted by Gasteiger charge is -2.10. The first-order valence-corrected chi connectivity index (χ1v) is 7.64. The van der Waals surface area contributed by atoms with Crippen LogP contribution in [0.1, 0.15) is 22.5 Å². The number of primary amides is 1. The normalized spacial score (nSPS) is 10.9. The number of aryl methyl sites for hydroxylation is 1. The molecule has 3 aromatic rings. The van der Waals surface area contributed by atoms with E-state index in [4.69, 9.17) is 10.8 Å². The van der Waals surface area contributed by atoms with Crippen LogP contribution < -0.4 is 5.73 Å². The van der Waals surface area contributed by atoms with Gasteiger partial charge in [-0.3, -0.25) is 9.59 Å². The van der Waals surface area contributed by atoms with Gasteiger partial charge in [-0.05, 0) is 41.6 Å². The van der Waals surface area contributed by atoms with E-state index in [2.05, 4.69) is 0 Å². The Balaban J connectivity index is 2.08. The molecule has 2 heterocycles. The number of hydrogen-bond donors (Lipinski definition) is 2. The summed E-state index contributed by atoms with van der Waals surface area (Å²) in [5.41, 5.74) is 8.55. The molecule has 0 saturated heterocycles. The van der Waals surface area contributed by atoms with Crippen molar-refractivity contribution in [2.75, 3.05) is 0 Å². The van der Waals surface area contributed by atoms with Crippen LogP contribution in [0.4, 0.5) is 0 Å². The van der Waals surface area contributed by atoms with Crippen molar-refractivity contribution in [1.82, 2.24) is 4.57 Å². The number of aliphatic carboxylic acids is 1. The van der Waals surface area contributed by atoms with Crippen LogP contribution >= 0.6 is 11.3 Å². The van der Waals surface area contributed by atoms with Crippen molar-refractivity contribution < 1.29 is 14.7 Å². The van der Waals surface area contributed by atoms with Gasteiger partial charge in [0.15, 0.2) is 0 Å². The fourth-order valence-electron chi connectivity index (χ4n) is 2.49. The number of fused-ring (bicyclic) bond motifs is 1. The van der Waals surface area contributed by atoms with Crippen LogP contribution in [-0.4, -0.2) is 21.6 Å². The molecular formula is C16H14N2O3S. The first-order valence-electron chi connectivity index (χ1n) is 6.76. The summed E-state index contributed by atoms with van der Waals surface area (Å²) >= 11 is 1.55. The van der Waals surface area contributed by atoms with Gasteiger partial charge in [-0.2, -0.15) is 0 Å². The summed E-state index contributed by atoms with van der Waals surface area (Å²) in [4.78, 5) is 22.4. The predicted octanol–water partition coefficient (Wildman–Crippen LogP) is 2.81. The number of carbonyl (C=O) groups is 2. The molecule has 112 valence electrons. The van der Waals surface area contributed by atoms with E-state index in [1.807, 2.05) is 40.3 Å². The van der Waals surface area contributed by atoms with Gasteiger partial charge in [0.05, 0.1) is 10.2 Å². The molecular weight excluding hydrogens is 300 g/mol. The third-order valence-corrected chi connectivity index (χ3v) is 4.32. The smallest absolute Gasteiger partial charge is 0.303 e. The molecule has 0 aliphatic heterocycles. The minimum Gasteiger partial charge on any atom is -0.481 e. The molecule has 0 radical (unpaired) electrons. The van der Waals surface area contributed by atoms with E-state index in [0.717, 1.165) is 21.5 Å². The summed E-state index contributed by atoms with van der Waals surface area (Å²) in [6, 6.07) is 11.2. The van der Waals surface area contributed by atoms with Crippen molar-refractivity contribution >= 4 is 33.4 Å². The Bertz CT molecular complexity index is 863. The average Bonchev–Trinajstić information content (AvgIpc) is 3.05. The van der Waals surface area contributed by atoms with Gasteiger partial charge in [-0.15, -0.1) is 11.3 Å². The van der Waals surface area contributed by atoms with Gasteiger partial charge in [-0.25, -0.2) is 0 Å². The zero-order chi connectivity index (χ0) is 15.7. The van der Waals surface area contributed by atoms with Crippen LogP contribution in [0.15, 0.2) is 41.8 Å². The molecule has 6 heteroatoms. The maximum Gasteiger partial charge on any atom is 0.303 e. The number of nitrogens with zero attached hydrogens (tertiary/aromatic N) is 1. The number of carboxylic acid groups (broad SMARTS) is 1. The van der Waals surface area contributed by atoms with Crippen molar-refractivity contribution in [3.8, 4) is 5.69 Å². The van der Waals surface area contributed by atoms with E-state index >= 15 is 0 Å². The highest BCUT2D eigenvalue weighted by molar-refractivity contribution is 7.17. The SMILES string of the molecule is NC(=O)c1cc2sccc2n1-c1cccc(CCC(=O)O)c1. The molecule has 0 atom stereocenters. The lowest BCUT2D eigenvalue weighted by atomic mass is 10.1. The Morgan fingerprint density at radius 3 is 2.77 bits per heavy atom. The monoisotopic (exact) mass is 314 g/mol. The lowest BCUT2D eigenvalue weighted by Crippen LogP contribution is -2.16. The standard InChI is InChI=1S/C16H14N2O3S/c17-16(21)13-9-14-12(6-7-22-14)18(13)11-3-1-2-10(8-11)4-5-15(19)20/h1-3,6-9H,4-5H2,(H2,17,21)(H,19,20). The van der Waals surface area contributed by atoms with Crippen LogP contribution in [0.3, 0.4) is 0 Å². The van der Waals surface area contributed by atoms with Gasteiger partial charge < -0.3 is 15.4 Å². The van der Waals surface area contributed by atoms with E-state index < -0.39 is 11.9 Å². The van der Waals surface area contributed by atoms with E-state index in [-0.39, 0.29) is 6.42 Å². The highest BCUT2D eigenvalue weighted by Crippen LogP contribution is 2.28. The first kappa shape index (κ1) is 14.3. The molecule has 3 rings (SSSR count). The molecule has 3 N–H and O–H groups in total. The maximum absolute atomic E-state index is 11.7. The summed E-state index contributed by atoms with van der Waals surface area (Å²) in [5.74, 6) is -1.32. The zero-order valence-corrected chi connectivity index (χ0v) is 12.5. The Morgan fingerprint density at radius 2 is 2.05 bits per heavy atom. The van der Waals surface area contributed by atoms with E-state index in [0.29, 0.717) is 12.1 Å². The minimum atomic E-state index is -0.829. The second-order valence-electron chi connectivity index (χ2n) is 4.96. The number of carboxylic acids is 1. The second-order valence-corrected chi connectivity index (χ2v) is 5.91. The second kappa shape index (κ2) is 5.65. The Labute approximate surface area is 130 Å². The van der Waals surface area contributed by atoms with Gasteiger partial charge in [0.2, 0.25) is 0 Å². The summed E-state index contributed by atoms with van der Waals surface area (Å²) in [6.45, 7) is 0. The fourth-order valence-corrected chi connectivity index (χ4v) is 3.29. The van der Waals surface area contributed by atoms with Gasteiger partial charge in [0, 0.05) is 12.1 Å². The van der Waals surface area contributed by atoms with Gasteiger partial charge in [0.25, 0.3) is 5.91 Å². The van der Waals surface area contributed by atoms with Crippen molar-refractivity contribution in [3.63, 3.8) is 0 Å². The fraction of sp³-hybridized carbons (Fsp3) is 0.125. The van der Waals surface area contributed by atoms with Crippen LogP contribution in [0, 0.1) is 0 Å². The number of hydrogen-bond acceptors (Lipinski definition) is 3. The molecule has 0 aliphatic carbocycles. The van der Waals surface area contributed by atoms with Crippen molar-refractivity contribution in [3.05, 3.63) is 53.0 Å². The maximum atomic E-state index is 11.7. The molecule has 1 aromatic carbocycles. The van der Waals surface area contributed by atoms with Crippen molar-refractivity contribution in [1.29, 1.82) is 0 Å². The van der Waals surface area contributed by atoms with Gasteiger partial charge >= 0.3 is 5.97 Å². The summed E-state index contributed by atoms with van der Waals surface area (Å²) in [7, 11) is 0. The molecule has 5 nitrogen and oxygen atoms in total. The first-order chi connectivity index (χ1) is 10.6. The average molecular weight is 314 g/mol. The highest BCUT2D eigenvalue weighted by atomic mass is 32.1. The molecule has 0 bridgehead atoms. The third kappa shape index (κ3) is 2.60.